The second-order valence-electron chi connectivity index (χ2n) is 7.76. The molecule has 0 bridgehead atoms. The fourth-order valence-corrected chi connectivity index (χ4v) is 4.90. The number of piperidine rings is 1. The number of ether oxygens (including phenoxy) is 1. The zero-order valence-electron chi connectivity index (χ0n) is 15.1. The van der Waals surface area contributed by atoms with Gasteiger partial charge in [0.05, 0.1) is 12.5 Å². The Labute approximate surface area is 149 Å². The summed E-state index contributed by atoms with van der Waals surface area (Å²) in [5.41, 5.74) is -0.214. The van der Waals surface area contributed by atoms with Crippen LogP contribution in [0.2, 0.25) is 0 Å². The van der Waals surface area contributed by atoms with Gasteiger partial charge in [0.25, 0.3) is 0 Å². The van der Waals surface area contributed by atoms with Gasteiger partial charge in [-0.15, -0.1) is 0 Å². The van der Waals surface area contributed by atoms with Crippen LogP contribution in [0.15, 0.2) is 12.4 Å². The summed E-state index contributed by atoms with van der Waals surface area (Å²) >= 11 is 0. The van der Waals surface area contributed by atoms with E-state index in [1.165, 1.54) is 38.4 Å². The molecule has 1 atom stereocenters. The minimum Gasteiger partial charge on any atom is -0.481 e. The van der Waals surface area contributed by atoms with Crippen molar-refractivity contribution in [3.8, 4) is 5.88 Å². The van der Waals surface area contributed by atoms with Crippen LogP contribution in [0.4, 0.5) is 5.82 Å². The van der Waals surface area contributed by atoms with E-state index in [-0.39, 0.29) is 5.41 Å². The van der Waals surface area contributed by atoms with Crippen molar-refractivity contribution < 1.29 is 9.53 Å². The maximum Gasteiger partial charge on any atom is 0.230 e. The van der Waals surface area contributed by atoms with Crippen molar-refractivity contribution in [3.05, 3.63) is 12.4 Å². The van der Waals surface area contributed by atoms with E-state index in [2.05, 4.69) is 19.8 Å². The number of amides is 1. The van der Waals surface area contributed by atoms with Crippen LogP contribution in [0.3, 0.4) is 0 Å². The summed E-state index contributed by atoms with van der Waals surface area (Å²) in [7, 11) is 1.62. The van der Waals surface area contributed by atoms with Crippen molar-refractivity contribution in [1.82, 2.24) is 14.9 Å². The molecule has 136 valence electrons. The Morgan fingerprint density at radius 2 is 1.96 bits per heavy atom. The molecule has 0 N–H and O–H groups in total. The maximum absolute atomic E-state index is 13.4. The van der Waals surface area contributed by atoms with Gasteiger partial charge in [0, 0.05) is 31.7 Å². The molecule has 1 amide bonds. The van der Waals surface area contributed by atoms with Crippen molar-refractivity contribution in [3.63, 3.8) is 0 Å². The Kier molecular flexibility index (Phi) is 4.52. The van der Waals surface area contributed by atoms with Gasteiger partial charge in [-0.05, 0) is 32.1 Å². The number of nitrogens with zero attached hydrogens (tertiary/aromatic N) is 4. The number of rotatable bonds is 3. The fourth-order valence-electron chi connectivity index (χ4n) is 4.90. The van der Waals surface area contributed by atoms with E-state index in [1.54, 1.807) is 7.11 Å². The van der Waals surface area contributed by atoms with Crippen LogP contribution in [0.1, 0.15) is 51.4 Å². The van der Waals surface area contributed by atoms with Crippen molar-refractivity contribution in [1.29, 1.82) is 0 Å². The molecule has 1 saturated carbocycles. The second kappa shape index (κ2) is 6.81. The first kappa shape index (κ1) is 16.6. The van der Waals surface area contributed by atoms with Crippen molar-refractivity contribution in [2.24, 2.45) is 5.41 Å². The quantitative estimate of drug-likeness (QED) is 0.844. The molecule has 3 fully saturated rings. The van der Waals surface area contributed by atoms with E-state index in [1.807, 2.05) is 6.07 Å². The predicted octanol–water partition coefficient (Wildman–Crippen LogP) is 2.64. The van der Waals surface area contributed by atoms with Crippen molar-refractivity contribution in [2.75, 3.05) is 31.6 Å². The van der Waals surface area contributed by atoms with Gasteiger partial charge in [0.1, 0.15) is 12.1 Å². The van der Waals surface area contributed by atoms with Crippen LogP contribution in [-0.4, -0.2) is 53.6 Å². The van der Waals surface area contributed by atoms with Gasteiger partial charge in [-0.25, -0.2) is 9.97 Å². The zero-order valence-corrected chi connectivity index (χ0v) is 15.1. The zero-order chi connectivity index (χ0) is 17.3. The van der Waals surface area contributed by atoms with Gasteiger partial charge < -0.3 is 14.5 Å². The topological polar surface area (TPSA) is 58.6 Å². The molecule has 0 radical (unpaired) electrons. The van der Waals surface area contributed by atoms with Crippen molar-refractivity contribution >= 4 is 11.7 Å². The third-order valence-electron chi connectivity index (χ3n) is 6.30. The Morgan fingerprint density at radius 3 is 2.76 bits per heavy atom. The third-order valence-corrected chi connectivity index (χ3v) is 6.30. The lowest BCUT2D eigenvalue weighted by Crippen LogP contribution is -2.54. The fraction of sp³-hybridized carbons (Fsp3) is 0.737. The van der Waals surface area contributed by atoms with Gasteiger partial charge in [-0.1, -0.05) is 19.3 Å². The highest BCUT2D eigenvalue weighted by atomic mass is 16.5. The molecule has 4 rings (SSSR count). The van der Waals surface area contributed by atoms with E-state index in [9.17, 15) is 4.79 Å². The summed E-state index contributed by atoms with van der Waals surface area (Å²) in [6, 6.07) is 2.34. The van der Waals surface area contributed by atoms with Crippen LogP contribution < -0.4 is 9.64 Å². The molecular weight excluding hydrogens is 316 g/mol. The smallest absolute Gasteiger partial charge is 0.230 e. The van der Waals surface area contributed by atoms with Gasteiger partial charge in [0.2, 0.25) is 11.8 Å². The Morgan fingerprint density at radius 1 is 1.12 bits per heavy atom. The molecule has 3 heterocycles. The average molecular weight is 344 g/mol. The van der Waals surface area contributed by atoms with Crippen LogP contribution >= 0.6 is 0 Å². The number of carbonyl (C=O) groups excluding carboxylic acids is 1. The Balaban J connectivity index is 1.50. The highest BCUT2D eigenvalue weighted by Crippen LogP contribution is 2.43. The molecule has 0 unspecified atom stereocenters. The van der Waals surface area contributed by atoms with E-state index in [4.69, 9.17) is 4.74 Å². The molecule has 1 aromatic heterocycles. The lowest BCUT2D eigenvalue weighted by molar-refractivity contribution is -0.148. The summed E-state index contributed by atoms with van der Waals surface area (Å²) in [5.74, 6) is 1.84. The normalized spacial score (nSPS) is 28.0. The predicted molar refractivity (Wildman–Crippen MR) is 95.7 cm³/mol. The molecule has 1 aliphatic carbocycles. The van der Waals surface area contributed by atoms with E-state index in [0.717, 1.165) is 44.7 Å². The van der Waals surface area contributed by atoms with Gasteiger partial charge >= 0.3 is 0 Å². The third kappa shape index (κ3) is 3.07. The maximum atomic E-state index is 13.4. The number of likely N-dealkylation sites (tertiary alicyclic amines) is 1. The molecule has 0 aromatic carbocycles. The van der Waals surface area contributed by atoms with E-state index < -0.39 is 0 Å². The number of methoxy groups -OCH3 is 1. The first-order valence-corrected chi connectivity index (χ1v) is 9.64. The minimum absolute atomic E-state index is 0.214. The minimum atomic E-state index is -0.214. The van der Waals surface area contributed by atoms with Crippen LogP contribution in [-0.2, 0) is 4.79 Å². The molecular formula is C19H28N4O2. The summed E-state index contributed by atoms with van der Waals surface area (Å²) < 4.78 is 5.22. The van der Waals surface area contributed by atoms with Crippen LogP contribution in [0.5, 0.6) is 5.88 Å². The summed E-state index contributed by atoms with van der Waals surface area (Å²) in [4.78, 5) is 26.3. The van der Waals surface area contributed by atoms with Crippen LogP contribution in [0.25, 0.3) is 0 Å². The molecule has 1 spiro atoms. The molecule has 25 heavy (non-hydrogen) atoms. The lowest BCUT2D eigenvalue weighted by atomic mass is 9.77. The second-order valence-corrected chi connectivity index (χ2v) is 7.76. The molecule has 2 saturated heterocycles. The van der Waals surface area contributed by atoms with Gasteiger partial charge in [-0.3, -0.25) is 4.79 Å². The Bertz CT molecular complexity index is 632. The average Bonchev–Trinajstić information content (AvgIpc) is 3.10. The lowest BCUT2D eigenvalue weighted by Gasteiger charge is -2.44. The molecule has 1 aromatic rings. The van der Waals surface area contributed by atoms with Gasteiger partial charge in [-0.2, -0.15) is 0 Å². The van der Waals surface area contributed by atoms with E-state index in [0.29, 0.717) is 17.8 Å². The number of anilines is 1. The van der Waals surface area contributed by atoms with Gasteiger partial charge in [0.15, 0.2) is 0 Å². The Hall–Kier alpha value is -1.85. The summed E-state index contributed by atoms with van der Waals surface area (Å²) in [6.45, 7) is 2.60. The number of aromatic nitrogens is 2. The first-order valence-electron chi connectivity index (χ1n) is 9.64. The molecule has 3 aliphatic rings. The number of hydrogen-bond donors (Lipinski definition) is 0. The number of hydrogen-bond acceptors (Lipinski definition) is 5. The molecule has 2 aliphatic heterocycles. The standard InChI is InChI=1S/C19H28N4O2/c1-25-17-12-16(20-14-21-17)22-11-9-19(13-22)8-5-10-23(18(19)24)15-6-3-2-4-7-15/h12,14-15H,2-11,13H2,1H3/t19-/m0/s1. The first-order chi connectivity index (χ1) is 12.2. The monoisotopic (exact) mass is 344 g/mol. The van der Waals surface area contributed by atoms with E-state index >= 15 is 0 Å². The summed E-state index contributed by atoms with van der Waals surface area (Å²) in [6.07, 6.45) is 10.9. The number of carbonyl (C=O) groups is 1. The SMILES string of the molecule is COc1cc(N2CC[C@@]3(CCCN(C4CCCCC4)C3=O)C2)ncn1. The van der Waals surface area contributed by atoms with Crippen LogP contribution in [0, 0.1) is 5.41 Å². The van der Waals surface area contributed by atoms with Crippen molar-refractivity contribution in [2.45, 2.75) is 57.4 Å². The molecule has 6 nitrogen and oxygen atoms in total. The summed E-state index contributed by atoms with van der Waals surface area (Å²) in [5, 5.41) is 0. The largest absolute Gasteiger partial charge is 0.481 e. The molecule has 6 heteroatoms. The highest BCUT2D eigenvalue weighted by Gasteiger charge is 2.49. The highest BCUT2D eigenvalue weighted by molar-refractivity contribution is 5.85.